The Balaban J connectivity index is 2.11. The highest BCUT2D eigenvalue weighted by atomic mass is 32.1. The minimum absolute atomic E-state index is 0.0952. The molecule has 0 spiro atoms. The number of nitrogens with zero attached hydrogens (tertiary/aromatic N) is 2. The van der Waals surface area contributed by atoms with E-state index in [0.717, 1.165) is 5.56 Å². The van der Waals surface area contributed by atoms with E-state index in [1.54, 1.807) is 11.3 Å². The zero-order valence-electron chi connectivity index (χ0n) is 9.97. The number of hydrogen-bond donors (Lipinski definition) is 2. The average Bonchev–Trinajstić information content (AvgIpc) is 2.73. The van der Waals surface area contributed by atoms with Crippen molar-refractivity contribution in [2.75, 3.05) is 11.9 Å². The monoisotopic (exact) mass is 248 g/mol. The van der Waals surface area contributed by atoms with E-state index in [1.807, 2.05) is 19.3 Å². The van der Waals surface area contributed by atoms with Gasteiger partial charge >= 0.3 is 0 Å². The summed E-state index contributed by atoms with van der Waals surface area (Å²) in [7, 11) is 0. The third-order valence-electron chi connectivity index (χ3n) is 2.36. The highest BCUT2D eigenvalue weighted by molar-refractivity contribution is 7.13. The van der Waals surface area contributed by atoms with E-state index in [4.69, 9.17) is 5.73 Å². The molecule has 90 valence electrons. The lowest BCUT2D eigenvalue weighted by atomic mass is 10.2. The topological polar surface area (TPSA) is 63.8 Å². The van der Waals surface area contributed by atoms with E-state index in [1.165, 1.54) is 10.4 Å². The first kappa shape index (κ1) is 12.0. The van der Waals surface area contributed by atoms with Crippen molar-refractivity contribution in [3.8, 4) is 10.4 Å². The summed E-state index contributed by atoms with van der Waals surface area (Å²) in [5, 5.41) is 5.16. The van der Waals surface area contributed by atoms with Gasteiger partial charge in [-0.25, -0.2) is 9.97 Å². The molecule has 1 atom stereocenters. The molecule has 1 unspecified atom stereocenters. The number of nitrogens with one attached hydrogen (secondary N) is 1. The molecule has 2 heterocycles. The molecule has 0 aliphatic heterocycles. The number of hydrogen-bond acceptors (Lipinski definition) is 5. The molecular weight excluding hydrogens is 232 g/mol. The van der Waals surface area contributed by atoms with Gasteiger partial charge in [0.15, 0.2) is 0 Å². The van der Waals surface area contributed by atoms with Gasteiger partial charge < -0.3 is 11.1 Å². The number of thiophene rings is 1. The molecule has 0 aliphatic rings. The molecule has 2 aromatic rings. The number of anilines is 1. The van der Waals surface area contributed by atoms with E-state index < -0.39 is 0 Å². The van der Waals surface area contributed by atoms with Crippen LogP contribution in [0.2, 0.25) is 0 Å². The summed E-state index contributed by atoms with van der Waals surface area (Å²) in [6.07, 6.45) is 3.69. The van der Waals surface area contributed by atoms with E-state index in [-0.39, 0.29) is 6.04 Å². The van der Waals surface area contributed by atoms with Crippen molar-refractivity contribution in [1.82, 2.24) is 9.97 Å². The van der Waals surface area contributed by atoms with Crippen LogP contribution < -0.4 is 11.1 Å². The van der Waals surface area contributed by atoms with Gasteiger partial charge in [0, 0.05) is 35.4 Å². The average molecular weight is 248 g/mol. The number of aromatic nitrogens is 2. The van der Waals surface area contributed by atoms with Crippen molar-refractivity contribution in [1.29, 1.82) is 0 Å². The fraction of sp³-hybridized carbons (Fsp3) is 0.333. The quantitative estimate of drug-likeness (QED) is 0.871. The third kappa shape index (κ3) is 3.01. The Morgan fingerprint density at radius 3 is 2.65 bits per heavy atom. The summed E-state index contributed by atoms with van der Waals surface area (Å²) in [6, 6.07) is 2.19. The van der Waals surface area contributed by atoms with Crippen molar-refractivity contribution in [2.45, 2.75) is 19.9 Å². The van der Waals surface area contributed by atoms with Crippen LogP contribution in [0.15, 0.2) is 23.8 Å². The lowest BCUT2D eigenvalue weighted by molar-refractivity contribution is 0.773. The van der Waals surface area contributed by atoms with E-state index in [9.17, 15) is 0 Å². The van der Waals surface area contributed by atoms with Crippen molar-refractivity contribution < 1.29 is 0 Å². The highest BCUT2D eigenvalue weighted by Crippen LogP contribution is 2.27. The molecule has 0 saturated carbocycles. The molecule has 17 heavy (non-hydrogen) atoms. The smallest absolute Gasteiger partial charge is 0.222 e. The molecule has 0 aliphatic carbocycles. The Morgan fingerprint density at radius 1 is 1.41 bits per heavy atom. The van der Waals surface area contributed by atoms with Crippen LogP contribution in [0, 0.1) is 6.92 Å². The van der Waals surface area contributed by atoms with Crippen LogP contribution in [0.4, 0.5) is 5.95 Å². The molecule has 3 N–H and O–H groups in total. The molecule has 2 rings (SSSR count). The summed E-state index contributed by atoms with van der Waals surface area (Å²) in [5.74, 6) is 0.625. The summed E-state index contributed by atoms with van der Waals surface area (Å²) in [6.45, 7) is 4.71. The maximum Gasteiger partial charge on any atom is 0.222 e. The minimum atomic E-state index is 0.0952. The first-order valence-corrected chi connectivity index (χ1v) is 6.40. The number of aryl methyl sites for hydroxylation is 1. The Morgan fingerprint density at radius 2 is 2.12 bits per heavy atom. The van der Waals surface area contributed by atoms with Crippen molar-refractivity contribution in [2.24, 2.45) is 5.73 Å². The predicted octanol–water partition coefficient (Wildman–Crippen LogP) is 2.27. The van der Waals surface area contributed by atoms with Crippen LogP contribution >= 0.6 is 11.3 Å². The van der Waals surface area contributed by atoms with Crippen LogP contribution in [-0.4, -0.2) is 22.6 Å². The molecule has 0 saturated heterocycles. The van der Waals surface area contributed by atoms with Crippen LogP contribution in [0.25, 0.3) is 10.4 Å². The Kier molecular flexibility index (Phi) is 3.71. The van der Waals surface area contributed by atoms with Gasteiger partial charge in [0.25, 0.3) is 0 Å². The Hall–Kier alpha value is -1.46. The molecule has 2 aromatic heterocycles. The fourth-order valence-corrected chi connectivity index (χ4v) is 2.36. The van der Waals surface area contributed by atoms with Gasteiger partial charge in [0.2, 0.25) is 5.95 Å². The summed E-state index contributed by atoms with van der Waals surface area (Å²) >= 11 is 1.71. The molecular formula is C12H16N4S. The SMILES string of the molecule is Cc1ccsc1-c1cnc(NCC(C)N)nc1. The second kappa shape index (κ2) is 5.25. The van der Waals surface area contributed by atoms with Crippen molar-refractivity contribution >= 4 is 17.3 Å². The summed E-state index contributed by atoms with van der Waals surface area (Å²) < 4.78 is 0. The van der Waals surface area contributed by atoms with E-state index >= 15 is 0 Å². The summed E-state index contributed by atoms with van der Waals surface area (Å²) in [4.78, 5) is 9.78. The molecule has 5 heteroatoms. The Bertz CT molecular complexity index is 476. The molecule has 0 bridgehead atoms. The summed E-state index contributed by atoms with van der Waals surface area (Å²) in [5.41, 5.74) is 7.97. The first-order valence-electron chi connectivity index (χ1n) is 5.53. The van der Waals surface area contributed by atoms with Gasteiger partial charge in [-0.15, -0.1) is 11.3 Å². The number of rotatable bonds is 4. The van der Waals surface area contributed by atoms with Gasteiger partial charge in [-0.2, -0.15) is 0 Å². The van der Waals surface area contributed by atoms with Crippen molar-refractivity contribution in [3.63, 3.8) is 0 Å². The maximum absolute atomic E-state index is 5.65. The molecule has 0 radical (unpaired) electrons. The largest absolute Gasteiger partial charge is 0.353 e. The van der Waals surface area contributed by atoms with Crippen LogP contribution in [0.5, 0.6) is 0 Å². The predicted molar refractivity (Wildman–Crippen MR) is 72.2 cm³/mol. The highest BCUT2D eigenvalue weighted by Gasteiger charge is 2.05. The second-order valence-electron chi connectivity index (χ2n) is 4.09. The minimum Gasteiger partial charge on any atom is -0.353 e. The second-order valence-corrected chi connectivity index (χ2v) is 5.00. The van der Waals surface area contributed by atoms with Crippen LogP contribution in [0.1, 0.15) is 12.5 Å². The lowest BCUT2D eigenvalue weighted by Crippen LogP contribution is -2.25. The maximum atomic E-state index is 5.65. The normalized spacial score (nSPS) is 12.4. The molecule has 0 aromatic carbocycles. The molecule has 4 nitrogen and oxygen atoms in total. The Labute approximate surface area is 105 Å². The van der Waals surface area contributed by atoms with Gasteiger partial charge in [0.05, 0.1) is 0 Å². The zero-order chi connectivity index (χ0) is 12.3. The van der Waals surface area contributed by atoms with Crippen molar-refractivity contribution in [3.05, 3.63) is 29.4 Å². The first-order chi connectivity index (χ1) is 8.16. The number of nitrogens with two attached hydrogens (primary N) is 1. The van der Waals surface area contributed by atoms with Gasteiger partial charge in [-0.05, 0) is 30.9 Å². The molecule has 0 fully saturated rings. The fourth-order valence-electron chi connectivity index (χ4n) is 1.46. The van der Waals surface area contributed by atoms with Crippen LogP contribution in [-0.2, 0) is 0 Å². The zero-order valence-corrected chi connectivity index (χ0v) is 10.8. The van der Waals surface area contributed by atoms with E-state index in [0.29, 0.717) is 12.5 Å². The lowest BCUT2D eigenvalue weighted by Gasteiger charge is -2.07. The van der Waals surface area contributed by atoms with Gasteiger partial charge in [-0.1, -0.05) is 0 Å². The van der Waals surface area contributed by atoms with E-state index in [2.05, 4.69) is 33.7 Å². The standard InChI is InChI=1S/C12H16N4S/c1-8-3-4-17-11(8)10-6-15-12(16-7-10)14-5-9(2)13/h3-4,6-7,9H,5,13H2,1-2H3,(H,14,15,16). The molecule has 0 amide bonds. The van der Waals surface area contributed by atoms with Gasteiger partial charge in [-0.3, -0.25) is 0 Å². The van der Waals surface area contributed by atoms with Gasteiger partial charge in [0.1, 0.15) is 0 Å². The third-order valence-corrected chi connectivity index (χ3v) is 3.42. The van der Waals surface area contributed by atoms with Crippen LogP contribution in [0.3, 0.4) is 0 Å².